The van der Waals surface area contributed by atoms with Gasteiger partial charge in [0.25, 0.3) is 0 Å². The van der Waals surface area contributed by atoms with E-state index in [0.29, 0.717) is 11.3 Å². The van der Waals surface area contributed by atoms with Crippen molar-refractivity contribution >= 4 is 32.5 Å². The average Bonchev–Trinajstić information content (AvgIpc) is 2.45. The van der Waals surface area contributed by atoms with E-state index < -0.39 is 0 Å². The lowest BCUT2D eigenvalue weighted by atomic mass is 10.0. The van der Waals surface area contributed by atoms with Crippen LogP contribution >= 0.6 is 15.9 Å². The van der Waals surface area contributed by atoms with Gasteiger partial charge in [0.15, 0.2) is 0 Å². The van der Waals surface area contributed by atoms with E-state index in [1.54, 1.807) is 6.20 Å². The molecule has 0 saturated heterocycles. The van der Waals surface area contributed by atoms with Crippen molar-refractivity contribution in [1.82, 2.24) is 4.98 Å². The second kappa shape index (κ2) is 5.41. The van der Waals surface area contributed by atoms with Crippen molar-refractivity contribution < 1.29 is 4.79 Å². The zero-order valence-corrected chi connectivity index (χ0v) is 13.4. The Hall–Kier alpha value is -2.00. The number of pyridine rings is 1. The molecule has 0 aliphatic heterocycles. The van der Waals surface area contributed by atoms with Gasteiger partial charge in [-0.15, -0.1) is 0 Å². The maximum atomic E-state index is 12.6. The zero-order chi connectivity index (χ0) is 15.0. The van der Waals surface area contributed by atoms with Crippen LogP contribution in [0.2, 0.25) is 0 Å². The molecule has 0 spiro atoms. The minimum absolute atomic E-state index is 0.0355. The first-order chi connectivity index (χ1) is 10.0. The summed E-state index contributed by atoms with van der Waals surface area (Å²) in [6, 6.07) is 13.7. The highest BCUT2D eigenvalue weighted by molar-refractivity contribution is 9.10. The third-order valence-electron chi connectivity index (χ3n) is 3.40. The van der Waals surface area contributed by atoms with E-state index >= 15 is 0 Å². The van der Waals surface area contributed by atoms with Gasteiger partial charge in [-0.25, -0.2) is 0 Å². The Morgan fingerprint density at radius 3 is 2.38 bits per heavy atom. The number of carbonyl (C=O) groups excluding carboxylic acids is 1. The minimum Gasteiger partial charge on any atom is -0.287 e. The van der Waals surface area contributed by atoms with Crippen LogP contribution in [0.3, 0.4) is 0 Å². The summed E-state index contributed by atoms with van der Waals surface area (Å²) >= 11 is 3.44. The van der Waals surface area contributed by atoms with Crippen molar-refractivity contribution in [2.75, 3.05) is 0 Å². The molecule has 0 atom stereocenters. The fourth-order valence-corrected chi connectivity index (χ4v) is 2.87. The maximum absolute atomic E-state index is 12.6. The molecule has 3 heteroatoms. The topological polar surface area (TPSA) is 30.0 Å². The normalized spacial score (nSPS) is 10.8. The number of ketones is 1. The zero-order valence-electron chi connectivity index (χ0n) is 11.9. The third kappa shape index (κ3) is 2.88. The van der Waals surface area contributed by atoms with Gasteiger partial charge in [-0.2, -0.15) is 0 Å². The third-order valence-corrected chi connectivity index (χ3v) is 3.89. The van der Waals surface area contributed by atoms with E-state index in [-0.39, 0.29) is 5.78 Å². The van der Waals surface area contributed by atoms with E-state index in [4.69, 9.17) is 0 Å². The van der Waals surface area contributed by atoms with Gasteiger partial charge in [-0.05, 0) is 49.6 Å². The standard InChI is InChI=1S/C18H14BrNO/c1-11-5-12(2)7-14(6-11)18(21)17-9-13-3-4-16(19)8-15(13)10-20-17/h3-10H,1-2H3. The predicted molar refractivity (Wildman–Crippen MR) is 88.8 cm³/mol. The number of nitrogens with zero attached hydrogens (tertiary/aromatic N) is 1. The number of benzene rings is 2. The van der Waals surface area contributed by atoms with Crippen LogP contribution in [0.4, 0.5) is 0 Å². The van der Waals surface area contributed by atoms with Crippen molar-refractivity contribution in [3.05, 3.63) is 75.5 Å². The SMILES string of the molecule is Cc1cc(C)cc(C(=O)c2cc3ccc(Br)cc3cn2)c1. The lowest BCUT2D eigenvalue weighted by molar-refractivity contribution is 0.103. The lowest BCUT2D eigenvalue weighted by Gasteiger charge is -2.05. The molecule has 0 amide bonds. The molecule has 0 saturated carbocycles. The average molecular weight is 340 g/mol. The molecule has 0 fully saturated rings. The van der Waals surface area contributed by atoms with Crippen LogP contribution in [0.15, 0.2) is 53.1 Å². The molecule has 21 heavy (non-hydrogen) atoms. The summed E-state index contributed by atoms with van der Waals surface area (Å²) in [6.07, 6.45) is 1.75. The monoisotopic (exact) mass is 339 g/mol. The molecular formula is C18H14BrNO. The largest absolute Gasteiger partial charge is 0.287 e. The van der Waals surface area contributed by atoms with Gasteiger partial charge in [0.05, 0.1) is 0 Å². The lowest BCUT2D eigenvalue weighted by Crippen LogP contribution is -2.04. The minimum atomic E-state index is -0.0355. The fourth-order valence-electron chi connectivity index (χ4n) is 2.49. The molecule has 2 nitrogen and oxygen atoms in total. The number of halogens is 1. The van der Waals surface area contributed by atoms with Crippen LogP contribution in [0.25, 0.3) is 10.8 Å². The Morgan fingerprint density at radius 1 is 0.952 bits per heavy atom. The van der Waals surface area contributed by atoms with Gasteiger partial charge >= 0.3 is 0 Å². The van der Waals surface area contributed by atoms with Crippen molar-refractivity contribution in [3.8, 4) is 0 Å². The van der Waals surface area contributed by atoms with Crippen molar-refractivity contribution in [2.24, 2.45) is 0 Å². The fraction of sp³-hybridized carbons (Fsp3) is 0.111. The molecule has 0 aliphatic carbocycles. The first kappa shape index (κ1) is 14.0. The molecule has 104 valence electrons. The van der Waals surface area contributed by atoms with Crippen LogP contribution in [0, 0.1) is 13.8 Å². The number of hydrogen-bond donors (Lipinski definition) is 0. The number of fused-ring (bicyclic) bond motifs is 1. The van der Waals surface area contributed by atoms with Crippen LogP contribution < -0.4 is 0 Å². The van der Waals surface area contributed by atoms with Crippen LogP contribution in [0.1, 0.15) is 27.2 Å². The summed E-state index contributed by atoms with van der Waals surface area (Å²) in [5, 5.41) is 2.03. The summed E-state index contributed by atoms with van der Waals surface area (Å²) in [7, 11) is 0. The highest BCUT2D eigenvalue weighted by Crippen LogP contribution is 2.21. The molecule has 1 aromatic heterocycles. The van der Waals surface area contributed by atoms with Crippen LogP contribution in [-0.4, -0.2) is 10.8 Å². The Labute approximate surface area is 132 Å². The second-order valence-corrected chi connectivity index (χ2v) is 6.18. The summed E-state index contributed by atoms with van der Waals surface area (Å²) in [6.45, 7) is 3.99. The highest BCUT2D eigenvalue weighted by Gasteiger charge is 2.12. The number of aromatic nitrogens is 1. The molecular weight excluding hydrogens is 326 g/mol. The van der Waals surface area contributed by atoms with E-state index in [1.165, 1.54) is 0 Å². The molecule has 3 rings (SSSR count). The van der Waals surface area contributed by atoms with Crippen molar-refractivity contribution in [3.63, 3.8) is 0 Å². The van der Waals surface area contributed by atoms with E-state index in [2.05, 4.69) is 27.0 Å². The van der Waals surface area contributed by atoms with Gasteiger partial charge in [0.1, 0.15) is 5.69 Å². The van der Waals surface area contributed by atoms with Crippen LogP contribution in [0.5, 0.6) is 0 Å². The maximum Gasteiger partial charge on any atom is 0.211 e. The van der Waals surface area contributed by atoms with Gasteiger partial charge < -0.3 is 0 Å². The quantitative estimate of drug-likeness (QED) is 0.625. The molecule has 0 bridgehead atoms. The molecule has 0 unspecified atom stereocenters. The van der Waals surface area contributed by atoms with Gasteiger partial charge in [0.2, 0.25) is 5.78 Å². The molecule has 2 aromatic carbocycles. The predicted octanol–water partition coefficient (Wildman–Crippen LogP) is 4.85. The smallest absolute Gasteiger partial charge is 0.211 e. The second-order valence-electron chi connectivity index (χ2n) is 5.27. The number of rotatable bonds is 2. The number of carbonyl (C=O) groups is 1. The first-order valence-corrected chi connectivity index (χ1v) is 7.50. The van der Waals surface area contributed by atoms with Crippen molar-refractivity contribution in [1.29, 1.82) is 0 Å². The summed E-state index contributed by atoms with van der Waals surface area (Å²) in [4.78, 5) is 16.9. The van der Waals surface area contributed by atoms with Gasteiger partial charge in [-0.1, -0.05) is 39.2 Å². The molecule has 3 aromatic rings. The number of hydrogen-bond acceptors (Lipinski definition) is 2. The molecule has 0 radical (unpaired) electrons. The summed E-state index contributed by atoms with van der Waals surface area (Å²) in [5.41, 5.74) is 3.34. The van der Waals surface area contributed by atoms with E-state index in [9.17, 15) is 4.79 Å². The van der Waals surface area contributed by atoms with Gasteiger partial charge in [0, 0.05) is 21.6 Å². The summed E-state index contributed by atoms with van der Waals surface area (Å²) < 4.78 is 1.00. The number of aryl methyl sites for hydroxylation is 2. The van der Waals surface area contributed by atoms with Gasteiger partial charge in [-0.3, -0.25) is 9.78 Å². The Morgan fingerprint density at radius 2 is 1.67 bits per heavy atom. The molecule has 0 aliphatic rings. The Bertz CT molecular complexity index is 835. The van der Waals surface area contributed by atoms with E-state index in [1.807, 2.05) is 50.2 Å². The summed E-state index contributed by atoms with van der Waals surface area (Å²) in [5.74, 6) is -0.0355. The molecule has 1 heterocycles. The molecule has 0 N–H and O–H groups in total. The van der Waals surface area contributed by atoms with Crippen molar-refractivity contribution in [2.45, 2.75) is 13.8 Å². The first-order valence-electron chi connectivity index (χ1n) is 6.71. The Kier molecular flexibility index (Phi) is 3.60. The van der Waals surface area contributed by atoms with Crippen LogP contribution in [-0.2, 0) is 0 Å². The highest BCUT2D eigenvalue weighted by atomic mass is 79.9. The Balaban J connectivity index is 2.07. The van der Waals surface area contributed by atoms with E-state index in [0.717, 1.165) is 26.4 Å².